The lowest BCUT2D eigenvalue weighted by atomic mass is 10.2. The zero-order valence-electron chi connectivity index (χ0n) is 18.1. The number of nitrogens with zero attached hydrogens (tertiary/aromatic N) is 1. The van der Waals surface area contributed by atoms with E-state index in [1.54, 1.807) is 37.4 Å². The third kappa shape index (κ3) is 6.52. The average Bonchev–Trinajstić information content (AvgIpc) is 3.12. The van der Waals surface area contributed by atoms with Crippen molar-refractivity contribution in [1.82, 2.24) is 4.98 Å². The standard InChI is InChI=1S/C22H24N2O6S2/c1-14-13-31-22(23-14)24-21(25)16-9-18(29-15(2)12-28-3)11-19(10-16)30-17-5-7-20(8-6-17)32(4,26)27/h5-11,13,15H,12H2,1-4H3,(H,23,24,25). The van der Waals surface area contributed by atoms with Crippen LogP contribution < -0.4 is 14.8 Å². The fourth-order valence-electron chi connectivity index (χ4n) is 2.80. The van der Waals surface area contributed by atoms with Crippen LogP contribution in [0.5, 0.6) is 17.2 Å². The van der Waals surface area contributed by atoms with Crippen LogP contribution in [0.25, 0.3) is 0 Å². The van der Waals surface area contributed by atoms with E-state index in [9.17, 15) is 13.2 Å². The van der Waals surface area contributed by atoms with Gasteiger partial charge in [-0.25, -0.2) is 13.4 Å². The molecule has 2 aromatic carbocycles. The number of benzene rings is 2. The smallest absolute Gasteiger partial charge is 0.257 e. The van der Waals surface area contributed by atoms with Gasteiger partial charge in [0.05, 0.1) is 17.2 Å². The molecule has 0 saturated carbocycles. The van der Waals surface area contributed by atoms with Crippen molar-refractivity contribution >= 4 is 32.2 Å². The number of aryl methyl sites for hydroxylation is 1. The lowest BCUT2D eigenvalue weighted by Gasteiger charge is -2.16. The van der Waals surface area contributed by atoms with Crippen molar-refractivity contribution < 1.29 is 27.4 Å². The summed E-state index contributed by atoms with van der Waals surface area (Å²) in [6, 6.07) is 10.9. The zero-order chi connectivity index (χ0) is 23.3. The maximum atomic E-state index is 12.8. The first-order chi connectivity index (χ1) is 15.1. The number of aromatic nitrogens is 1. The summed E-state index contributed by atoms with van der Waals surface area (Å²) in [5.41, 5.74) is 1.14. The molecule has 10 heteroatoms. The summed E-state index contributed by atoms with van der Waals surface area (Å²) in [5, 5.41) is 5.10. The predicted molar refractivity (Wildman–Crippen MR) is 123 cm³/mol. The molecule has 3 aromatic rings. The van der Waals surface area contributed by atoms with E-state index in [0.717, 1.165) is 11.9 Å². The quantitative estimate of drug-likeness (QED) is 0.491. The van der Waals surface area contributed by atoms with Crippen LogP contribution in [0.15, 0.2) is 52.7 Å². The molecule has 0 bridgehead atoms. The maximum Gasteiger partial charge on any atom is 0.257 e. The Hall–Kier alpha value is -2.95. The van der Waals surface area contributed by atoms with Gasteiger partial charge in [-0.15, -0.1) is 11.3 Å². The van der Waals surface area contributed by atoms with Gasteiger partial charge in [-0.05, 0) is 50.2 Å². The Kier molecular flexibility index (Phi) is 7.49. The molecule has 0 radical (unpaired) electrons. The predicted octanol–water partition coefficient (Wildman–Crippen LogP) is 4.31. The second-order valence-electron chi connectivity index (χ2n) is 7.17. The number of anilines is 1. The van der Waals surface area contributed by atoms with Crippen molar-refractivity contribution in [3.05, 3.63) is 59.1 Å². The average molecular weight is 477 g/mol. The number of ether oxygens (including phenoxy) is 3. The third-order valence-electron chi connectivity index (χ3n) is 4.21. The van der Waals surface area contributed by atoms with Crippen LogP contribution in [0.3, 0.4) is 0 Å². The molecule has 8 nitrogen and oxygen atoms in total. The van der Waals surface area contributed by atoms with Crippen molar-refractivity contribution in [2.75, 3.05) is 25.3 Å². The van der Waals surface area contributed by atoms with Gasteiger partial charge in [0.15, 0.2) is 15.0 Å². The summed E-state index contributed by atoms with van der Waals surface area (Å²) in [6.45, 7) is 4.07. The maximum absolute atomic E-state index is 12.8. The molecule has 1 amide bonds. The Morgan fingerprint density at radius 2 is 1.81 bits per heavy atom. The van der Waals surface area contributed by atoms with Gasteiger partial charge in [-0.1, -0.05) is 0 Å². The Bertz CT molecular complexity index is 1190. The van der Waals surface area contributed by atoms with Gasteiger partial charge in [0, 0.05) is 30.4 Å². The summed E-state index contributed by atoms with van der Waals surface area (Å²) in [4.78, 5) is 17.2. The molecule has 0 aliphatic carbocycles. The number of carbonyl (C=O) groups excluding carboxylic acids is 1. The van der Waals surface area contributed by atoms with Crippen LogP contribution in [-0.2, 0) is 14.6 Å². The minimum Gasteiger partial charge on any atom is -0.488 e. The number of nitrogens with one attached hydrogen (secondary N) is 1. The van der Waals surface area contributed by atoms with Gasteiger partial charge in [-0.3, -0.25) is 10.1 Å². The first-order valence-corrected chi connectivity index (χ1v) is 12.4. The molecule has 0 aliphatic rings. The van der Waals surface area contributed by atoms with E-state index in [1.807, 2.05) is 19.2 Å². The molecule has 0 fully saturated rings. The van der Waals surface area contributed by atoms with Crippen molar-refractivity contribution in [1.29, 1.82) is 0 Å². The highest BCUT2D eigenvalue weighted by atomic mass is 32.2. The molecular weight excluding hydrogens is 452 g/mol. The molecule has 0 spiro atoms. The largest absolute Gasteiger partial charge is 0.488 e. The second kappa shape index (κ2) is 10.1. The number of amides is 1. The summed E-state index contributed by atoms with van der Waals surface area (Å²) in [6.07, 6.45) is 0.890. The highest BCUT2D eigenvalue weighted by Crippen LogP contribution is 2.29. The lowest BCUT2D eigenvalue weighted by Crippen LogP contribution is -2.18. The van der Waals surface area contributed by atoms with Crippen LogP contribution in [0, 0.1) is 6.92 Å². The Labute approximate surface area is 191 Å². The molecule has 3 rings (SSSR count). The first kappa shape index (κ1) is 23.7. The summed E-state index contributed by atoms with van der Waals surface area (Å²) >= 11 is 1.33. The SMILES string of the molecule is COCC(C)Oc1cc(Oc2ccc(S(C)(=O)=O)cc2)cc(C(=O)Nc2nc(C)cs2)c1. The second-order valence-corrected chi connectivity index (χ2v) is 10.0. The number of thiazole rings is 1. The van der Waals surface area contributed by atoms with E-state index in [2.05, 4.69) is 10.3 Å². The Morgan fingerprint density at radius 1 is 1.12 bits per heavy atom. The third-order valence-corrected chi connectivity index (χ3v) is 6.21. The van der Waals surface area contributed by atoms with E-state index >= 15 is 0 Å². The molecule has 170 valence electrons. The van der Waals surface area contributed by atoms with Gasteiger partial charge < -0.3 is 14.2 Å². The number of rotatable bonds is 9. The Morgan fingerprint density at radius 3 is 2.41 bits per heavy atom. The summed E-state index contributed by atoms with van der Waals surface area (Å²) < 4.78 is 40.2. The highest BCUT2D eigenvalue weighted by molar-refractivity contribution is 7.90. The summed E-state index contributed by atoms with van der Waals surface area (Å²) in [5.74, 6) is 0.850. The molecule has 1 atom stereocenters. The molecule has 1 unspecified atom stereocenters. The normalized spacial score (nSPS) is 12.2. The lowest BCUT2D eigenvalue weighted by molar-refractivity contribution is 0.0916. The number of methoxy groups -OCH3 is 1. The van der Waals surface area contributed by atoms with Crippen molar-refractivity contribution in [3.8, 4) is 17.2 Å². The zero-order valence-corrected chi connectivity index (χ0v) is 19.7. The first-order valence-electron chi connectivity index (χ1n) is 9.66. The molecule has 0 saturated heterocycles. The van der Waals surface area contributed by atoms with E-state index in [0.29, 0.717) is 34.6 Å². The van der Waals surface area contributed by atoms with Crippen LogP contribution >= 0.6 is 11.3 Å². The molecule has 1 N–H and O–H groups in total. The monoisotopic (exact) mass is 476 g/mol. The van der Waals surface area contributed by atoms with Crippen molar-refractivity contribution in [2.24, 2.45) is 0 Å². The van der Waals surface area contributed by atoms with Crippen LogP contribution in [-0.4, -0.2) is 45.4 Å². The van der Waals surface area contributed by atoms with Crippen LogP contribution in [0.4, 0.5) is 5.13 Å². The minimum absolute atomic E-state index is 0.189. The molecule has 1 aromatic heterocycles. The number of hydrogen-bond acceptors (Lipinski definition) is 8. The Balaban J connectivity index is 1.87. The number of sulfone groups is 1. The molecule has 1 heterocycles. The van der Waals surface area contributed by atoms with Gasteiger partial charge in [0.25, 0.3) is 5.91 Å². The van der Waals surface area contributed by atoms with Gasteiger partial charge >= 0.3 is 0 Å². The minimum atomic E-state index is -3.31. The number of hydrogen-bond donors (Lipinski definition) is 1. The van der Waals surface area contributed by atoms with E-state index in [1.165, 1.54) is 23.5 Å². The van der Waals surface area contributed by atoms with Gasteiger partial charge in [0.1, 0.15) is 23.4 Å². The topological polar surface area (TPSA) is 104 Å². The van der Waals surface area contributed by atoms with Gasteiger partial charge in [0.2, 0.25) is 0 Å². The van der Waals surface area contributed by atoms with Crippen LogP contribution in [0.2, 0.25) is 0 Å². The van der Waals surface area contributed by atoms with E-state index in [-0.39, 0.29) is 16.9 Å². The van der Waals surface area contributed by atoms with Crippen LogP contribution in [0.1, 0.15) is 23.0 Å². The molecular formula is C22H24N2O6S2. The van der Waals surface area contributed by atoms with Crippen molar-refractivity contribution in [3.63, 3.8) is 0 Å². The van der Waals surface area contributed by atoms with E-state index in [4.69, 9.17) is 14.2 Å². The van der Waals surface area contributed by atoms with E-state index < -0.39 is 9.84 Å². The number of carbonyl (C=O) groups is 1. The fraction of sp³-hybridized carbons (Fsp3) is 0.273. The summed E-state index contributed by atoms with van der Waals surface area (Å²) in [7, 11) is -1.73. The fourth-order valence-corrected chi connectivity index (χ4v) is 4.12. The molecule has 0 aliphatic heterocycles. The highest BCUT2D eigenvalue weighted by Gasteiger charge is 2.15. The molecule has 32 heavy (non-hydrogen) atoms. The van der Waals surface area contributed by atoms with Crippen molar-refractivity contribution in [2.45, 2.75) is 24.8 Å². The van der Waals surface area contributed by atoms with Gasteiger partial charge in [-0.2, -0.15) is 0 Å².